The number of nitriles is 1. The summed E-state index contributed by atoms with van der Waals surface area (Å²) in [6, 6.07) is 3.65. The normalized spacial score (nSPS) is 10.2. The first kappa shape index (κ1) is 14.4. The van der Waals surface area contributed by atoms with Gasteiger partial charge in [0.15, 0.2) is 0 Å². The number of nitrogens with two attached hydrogens (primary N) is 2. The highest BCUT2D eigenvalue weighted by atomic mass is 16.5. The monoisotopic (exact) mass is 285 g/mol. The second-order valence-electron chi connectivity index (χ2n) is 4.55. The topological polar surface area (TPSA) is 131 Å². The van der Waals surface area contributed by atoms with Crippen LogP contribution in [0.4, 0.5) is 11.8 Å². The molecule has 7 heteroatoms. The maximum Gasteiger partial charge on any atom is 0.222 e. The van der Waals surface area contributed by atoms with Gasteiger partial charge in [0.1, 0.15) is 28.9 Å². The molecule has 0 unspecified atom stereocenters. The number of aromatic nitrogens is 2. The number of nitrogens with zero attached hydrogens (tertiary/aromatic N) is 3. The summed E-state index contributed by atoms with van der Waals surface area (Å²) in [6.07, 6.45) is 0. The molecule has 1 aromatic carbocycles. The Balaban J connectivity index is 2.92. The maximum absolute atomic E-state index is 10.3. The van der Waals surface area contributed by atoms with Crippen LogP contribution in [0.15, 0.2) is 6.07 Å². The van der Waals surface area contributed by atoms with Crippen molar-refractivity contribution < 1.29 is 9.84 Å². The number of rotatable bonds is 2. The smallest absolute Gasteiger partial charge is 0.222 e. The van der Waals surface area contributed by atoms with Gasteiger partial charge in [-0.25, -0.2) is 4.98 Å². The predicted molar refractivity (Wildman–Crippen MR) is 78.7 cm³/mol. The van der Waals surface area contributed by atoms with Crippen LogP contribution in [0.3, 0.4) is 0 Å². The number of anilines is 2. The van der Waals surface area contributed by atoms with Crippen LogP contribution in [0, 0.1) is 25.2 Å². The summed E-state index contributed by atoms with van der Waals surface area (Å²) < 4.78 is 5.28. The molecule has 1 aromatic heterocycles. The second kappa shape index (κ2) is 5.17. The lowest BCUT2D eigenvalue weighted by molar-refractivity contribution is 0.408. The van der Waals surface area contributed by atoms with Gasteiger partial charge in [0.25, 0.3) is 0 Å². The fourth-order valence-corrected chi connectivity index (χ4v) is 2.16. The number of phenolic OH excluding ortho intramolecular Hbond substituents is 1. The van der Waals surface area contributed by atoms with Crippen LogP contribution in [-0.2, 0) is 0 Å². The van der Waals surface area contributed by atoms with Crippen molar-refractivity contribution in [3.8, 4) is 28.8 Å². The third-order valence-electron chi connectivity index (χ3n) is 3.23. The molecule has 0 saturated carbocycles. The van der Waals surface area contributed by atoms with Gasteiger partial charge >= 0.3 is 0 Å². The minimum Gasteiger partial charge on any atom is -0.507 e. The van der Waals surface area contributed by atoms with Gasteiger partial charge in [-0.2, -0.15) is 10.2 Å². The summed E-state index contributed by atoms with van der Waals surface area (Å²) in [5, 5.41) is 19.6. The van der Waals surface area contributed by atoms with Crippen molar-refractivity contribution in [2.75, 3.05) is 18.6 Å². The van der Waals surface area contributed by atoms with Gasteiger partial charge in [0.05, 0.1) is 18.4 Å². The number of nitrogen functional groups attached to an aromatic ring is 2. The van der Waals surface area contributed by atoms with E-state index in [4.69, 9.17) is 16.2 Å². The third-order valence-corrected chi connectivity index (χ3v) is 3.23. The lowest BCUT2D eigenvalue weighted by Gasteiger charge is -2.16. The van der Waals surface area contributed by atoms with Gasteiger partial charge < -0.3 is 21.3 Å². The summed E-state index contributed by atoms with van der Waals surface area (Å²) in [7, 11) is 1.52. The zero-order valence-electron chi connectivity index (χ0n) is 11.9. The fourth-order valence-electron chi connectivity index (χ4n) is 2.16. The van der Waals surface area contributed by atoms with Crippen LogP contribution >= 0.6 is 0 Å². The Morgan fingerprint density at radius 1 is 1.29 bits per heavy atom. The first-order valence-corrected chi connectivity index (χ1v) is 6.11. The number of hydrogen-bond donors (Lipinski definition) is 3. The quantitative estimate of drug-likeness (QED) is 0.762. The lowest BCUT2D eigenvalue weighted by atomic mass is 9.97. The molecule has 0 spiro atoms. The van der Waals surface area contributed by atoms with Crippen molar-refractivity contribution in [2.45, 2.75) is 13.8 Å². The number of aryl methyl sites for hydroxylation is 1. The number of phenols is 1. The Kier molecular flexibility index (Phi) is 3.54. The summed E-state index contributed by atoms with van der Waals surface area (Å²) in [5.74, 6) is 0.474. The van der Waals surface area contributed by atoms with E-state index in [1.54, 1.807) is 19.9 Å². The van der Waals surface area contributed by atoms with Gasteiger partial charge in [-0.05, 0) is 25.5 Å². The van der Waals surface area contributed by atoms with E-state index in [2.05, 4.69) is 9.97 Å². The van der Waals surface area contributed by atoms with E-state index in [-0.39, 0.29) is 28.8 Å². The lowest BCUT2D eigenvalue weighted by Crippen LogP contribution is -2.06. The average molecular weight is 285 g/mol. The Labute approximate surface area is 121 Å². The van der Waals surface area contributed by atoms with E-state index in [0.717, 1.165) is 0 Å². The Hall–Kier alpha value is -3.01. The van der Waals surface area contributed by atoms with Gasteiger partial charge in [-0.3, -0.25) is 0 Å². The van der Waals surface area contributed by atoms with Crippen molar-refractivity contribution in [3.05, 3.63) is 22.8 Å². The van der Waals surface area contributed by atoms with Crippen molar-refractivity contribution in [2.24, 2.45) is 0 Å². The van der Waals surface area contributed by atoms with Gasteiger partial charge in [0, 0.05) is 5.56 Å². The molecular formula is C14H15N5O2. The zero-order valence-corrected chi connectivity index (χ0v) is 11.9. The molecule has 5 N–H and O–H groups in total. The van der Waals surface area contributed by atoms with Crippen molar-refractivity contribution in [3.63, 3.8) is 0 Å². The molecule has 108 valence electrons. The van der Waals surface area contributed by atoms with Crippen LogP contribution < -0.4 is 16.2 Å². The van der Waals surface area contributed by atoms with E-state index in [1.165, 1.54) is 7.11 Å². The Bertz CT molecular complexity index is 765. The van der Waals surface area contributed by atoms with Gasteiger partial charge in [-0.15, -0.1) is 0 Å². The molecule has 0 aliphatic carbocycles. The zero-order chi connectivity index (χ0) is 15.7. The fraction of sp³-hybridized carbons (Fsp3) is 0.214. The predicted octanol–water partition coefficient (Wildman–Crippen LogP) is 1.51. The number of ether oxygens (including phenoxy) is 1. The molecule has 0 atom stereocenters. The van der Waals surface area contributed by atoms with Crippen molar-refractivity contribution in [1.82, 2.24) is 9.97 Å². The van der Waals surface area contributed by atoms with Crippen LogP contribution in [0.5, 0.6) is 11.5 Å². The van der Waals surface area contributed by atoms with Gasteiger partial charge in [-0.1, -0.05) is 0 Å². The average Bonchev–Trinajstić information content (AvgIpc) is 2.42. The molecular weight excluding hydrogens is 270 g/mol. The number of hydrogen-bond acceptors (Lipinski definition) is 7. The summed E-state index contributed by atoms with van der Waals surface area (Å²) in [4.78, 5) is 7.83. The van der Waals surface area contributed by atoms with Crippen LogP contribution in [0.1, 0.15) is 16.7 Å². The van der Waals surface area contributed by atoms with E-state index < -0.39 is 0 Å². The van der Waals surface area contributed by atoms with Crippen molar-refractivity contribution in [1.29, 1.82) is 5.26 Å². The molecule has 0 bridgehead atoms. The highest BCUT2D eigenvalue weighted by molar-refractivity contribution is 5.81. The highest BCUT2D eigenvalue weighted by Crippen LogP contribution is 2.41. The Morgan fingerprint density at radius 2 is 1.95 bits per heavy atom. The third kappa shape index (κ3) is 2.27. The highest BCUT2D eigenvalue weighted by Gasteiger charge is 2.21. The van der Waals surface area contributed by atoms with Crippen LogP contribution in [-0.4, -0.2) is 22.2 Å². The first-order valence-electron chi connectivity index (χ1n) is 6.11. The van der Waals surface area contributed by atoms with Crippen molar-refractivity contribution >= 4 is 11.8 Å². The molecule has 0 aliphatic rings. The molecule has 0 radical (unpaired) electrons. The minimum absolute atomic E-state index is 0.00213. The number of aromatic hydroxyl groups is 1. The molecule has 1 heterocycles. The molecule has 0 fully saturated rings. The molecule has 0 saturated heterocycles. The molecule has 7 nitrogen and oxygen atoms in total. The standard InChI is InChI=1S/C14H15N5O2/c1-6-4-9(21-3)7(2)10(12(6)20)11-8(5-15)13(16)19-14(17)18-11/h4,20H,1-3H3,(H4,16,17,18,19). The molecule has 0 amide bonds. The van der Waals surface area contributed by atoms with Crippen LogP contribution in [0.25, 0.3) is 11.3 Å². The van der Waals surface area contributed by atoms with E-state index in [1.807, 2.05) is 6.07 Å². The van der Waals surface area contributed by atoms with E-state index in [9.17, 15) is 10.4 Å². The first-order chi connectivity index (χ1) is 9.90. The Morgan fingerprint density at radius 3 is 2.52 bits per heavy atom. The largest absolute Gasteiger partial charge is 0.507 e. The second-order valence-corrected chi connectivity index (χ2v) is 4.55. The molecule has 2 aromatic rings. The number of methoxy groups -OCH3 is 1. The van der Waals surface area contributed by atoms with E-state index in [0.29, 0.717) is 22.4 Å². The molecule has 21 heavy (non-hydrogen) atoms. The number of benzene rings is 1. The molecule has 2 rings (SSSR count). The van der Waals surface area contributed by atoms with Crippen LogP contribution in [0.2, 0.25) is 0 Å². The minimum atomic E-state index is -0.0687. The maximum atomic E-state index is 10.3. The van der Waals surface area contributed by atoms with E-state index >= 15 is 0 Å². The summed E-state index contributed by atoms with van der Waals surface area (Å²) in [6.45, 7) is 3.48. The summed E-state index contributed by atoms with van der Waals surface area (Å²) in [5.41, 5.74) is 13.2. The SMILES string of the molecule is COc1cc(C)c(O)c(-c2nc(N)nc(N)c2C#N)c1C. The molecule has 0 aliphatic heterocycles. The summed E-state index contributed by atoms with van der Waals surface area (Å²) >= 11 is 0. The van der Waals surface area contributed by atoms with Gasteiger partial charge in [0.2, 0.25) is 5.95 Å².